The van der Waals surface area contributed by atoms with Gasteiger partial charge >= 0.3 is 0 Å². The van der Waals surface area contributed by atoms with Crippen molar-refractivity contribution in [2.45, 2.75) is 11.2 Å². The van der Waals surface area contributed by atoms with Crippen molar-refractivity contribution < 1.29 is 45.6 Å². The molecule has 0 heterocycles. The summed E-state index contributed by atoms with van der Waals surface area (Å²) in [6.45, 7) is 1.54. The topological polar surface area (TPSA) is 17.1 Å². The molecule has 0 unspecified atom stereocenters. The Morgan fingerprint density at radius 2 is 1.53 bits per heavy atom. The third-order valence-electron chi connectivity index (χ3n) is 1.31. The van der Waals surface area contributed by atoms with E-state index >= 15 is 0 Å². The SMILES string of the molecule is CC(=O)C=Cc1ccccc1.ClC(Cl)Cl.[Pd].[Pd]. The zero-order valence-corrected chi connectivity index (χ0v) is 14.2. The number of ketones is 1. The van der Waals surface area contributed by atoms with Crippen LogP contribution in [0.5, 0.6) is 0 Å². The molecule has 0 spiro atoms. The van der Waals surface area contributed by atoms with Crippen LogP contribution in [0, 0.1) is 0 Å². The van der Waals surface area contributed by atoms with Gasteiger partial charge in [0.1, 0.15) is 0 Å². The van der Waals surface area contributed by atoms with Gasteiger partial charge in [0.2, 0.25) is 0 Å². The molecule has 0 fully saturated rings. The molecular weight excluding hydrogens is 467 g/mol. The fourth-order valence-electron chi connectivity index (χ4n) is 0.778. The molecular formula is C11H11Cl3OPd2. The number of carbonyl (C=O) groups excluding carboxylic acids is 1. The molecule has 102 valence electrons. The molecule has 0 aliphatic carbocycles. The molecule has 0 aliphatic rings. The van der Waals surface area contributed by atoms with Gasteiger partial charge in [-0.25, -0.2) is 0 Å². The summed E-state index contributed by atoms with van der Waals surface area (Å²) in [4.78, 5) is 10.5. The average Bonchev–Trinajstić information content (AvgIpc) is 2.15. The van der Waals surface area contributed by atoms with Gasteiger partial charge in [-0.15, -0.1) is 0 Å². The summed E-state index contributed by atoms with van der Waals surface area (Å²) in [5.41, 5.74) is 1.06. The van der Waals surface area contributed by atoms with Gasteiger partial charge in [-0.3, -0.25) is 4.79 Å². The van der Waals surface area contributed by atoms with Gasteiger partial charge in [0, 0.05) is 40.8 Å². The third kappa shape index (κ3) is 19.3. The zero-order chi connectivity index (χ0) is 11.7. The fourth-order valence-corrected chi connectivity index (χ4v) is 0.778. The van der Waals surface area contributed by atoms with E-state index in [2.05, 4.69) is 0 Å². The van der Waals surface area contributed by atoms with Crippen LogP contribution in [0.1, 0.15) is 12.5 Å². The standard InChI is InChI=1S/C10H10O.CHCl3.2Pd/c1-9(11)7-8-10-5-3-2-4-6-10;2-1(3)4;;/h2-8H,1H3;1H;;. The molecule has 0 bridgehead atoms. The second kappa shape index (κ2) is 14.9. The molecule has 0 aromatic heterocycles. The summed E-state index contributed by atoms with van der Waals surface area (Å²) in [6.07, 6.45) is 3.37. The molecule has 0 aliphatic heterocycles. The first-order chi connectivity index (χ1) is 7.02. The molecule has 0 amide bonds. The first kappa shape index (κ1) is 23.0. The Morgan fingerprint density at radius 3 is 1.88 bits per heavy atom. The van der Waals surface area contributed by atoms with Crippen LogP contribution in [0.15, 0.2) is 36.4 Å². The third-order valence-corrected chi connectivity index (χ3v) is 1.31. The molecule has 0 saturated heterocycles. The molecule has 17 heavy (non-hydrogen) atoms. The predicted octanol–water partition coefficient (Wildman–Crippen LogP) is 4.27. The number of benzene rings is 1. The van der Waals surface area contributed by atoms with E-state index in [9.17, 15) is 4.79 Å². The molecule has 1 rings (SSSR count). The Balaban J connectivity index is -0.000000289. The van der Waals surface area contributed by atoms with Crippen LogP contribution in [0.25, 0.3) is 6.08 Å². The van der Waals surface area contributed by atoms with Gasteiger partial charge in [0.15, 0.2) is 10.1 Å². The Morgan fingerprint density at radius 1 is 1.12 bits per heavy atom. The molecule has 1 aromatic rings. The van der Waals surface area contributed by atoms with Crippen molar-refractivity contribution in [1.29, 1.82) is 0 Å². The number of allylic oxidation sites excluding steroid dienone is 1. The van der Waals surface area contributed by atoms with Crippen LogP contribution < -0.4 is 0 Å². The normalized spacial score (nSPS) is 8.76. The number of hydrogen-bond donors (Lipinski definition) is 0. The van der Waals surface area contributed by atoms with Crippen molar-refractivity contribution in [2.75, 3.05) is 0 Å². The van der Waals surface area contributed by atoms with Crippen LogP contribution in [-0.4, -0.2) is 10.1 Å². The monoisotopic (exact) mass is 476 g/mol. The van der Waals surface area contributed by atoms with Crippen molar-refractivity contribution in [1.82, 2.24) is 0 Å². The number of hydrogen-bond acceptors (Lipinski definition) is 1. The summed E-state index contributed by atoms with van der Waals surface area (Å²) >= 11 is 14.4. The summed E-state index contributed by atoms with van der Waals surface area (Å²) < 4.78 is -0.750. The number of carbonyl (C=O) groups is 1. The quantitative estimate of drug-likeness (QED) is 0.353. The van der Waals surface area contributed by atoms with Crippen molar-refractivity contribution in [3.8, 4) is 0 Å². The molecule has 0 N–H and O–H groups in total. The maximum atomic E-state index is 10.5. The summed E-state index contributed by atoms with van der Waals surface area (Å²) in [7, 11) is 0. The van der Waals surface area contributed by atoms with E-state index in [0.29, 0.717) is 0 Å². The molecule has 6 heteroatoms. The second-order valence-corrected chi connectivity index (χ2v) is 4.58. The zero-order valence-electron chi connectivity index (χ0n) is 8.79. The first-order valence-electron chi connectivity index (χ1n) is 4.18. The second-order valence-electron chi connectivity index (χ2n) is 2.60. The Kier molecular flexibility index (Phi) is 20.1. The van der Waals surface area contributed by atoms with E-state index < -0.39 is 4.30 Å². The van der Waals surface area contributed by atoms with Crippen molar-refractivity contribution in [3.63, 3.8) is 0 Å². The fraction of sp³-hybridized carbons (Fsp3) is 0.182. The number of rotatable bonds is 2. The largest absolute Gasteiger partial charge is 0.295 e. The van der Waals surface area contributed by atoms with E-state index in [1.807, 2.05) is 36.4 Å². The number of alkyl halides is 3. The Labute approximate surface area is 144 Å². The summed E-state index contributed by atoms with van der Waals surface area (Å²) in [6, 6.07) is 9.75. The average molecular weight is 478 g/mol. The minimum absolute atomic E-state index is 0. The van der Waals surface area contributed by atoms with E-state index in [0.717, 1.165) is 5.56 Å². The van der Waals surface area contributed by atoms with E-state index in [1.165, 1.54) is 0 Å². The van der Waals surface area contributed by atoms with Gasteiger partial charge in [-0.1, -0.05) is 71.2 Å². The molecule has 1 aromatic carbocycles. The van der Waals surface area contributed by atoms with Crippen LogP contribution in [0.3, 0.4) is 0 Å². The molecule has 1 nitrogen and oxygen atoms in total. The van der Waals surface area contributed by atoms with Crippen molar-refractivity contribution in [2.24, 2.45) is 0 Å². The molecule has 0 atom stereocenters. The molecule has 0 radical (unpaired) electrons. The van der Waals surface area contributed by atoms with Crippen LogP contribution in [0.2, 0.25) is 0 Å². The van der Waals surface area contributed by atoms with Gasteiger partial charge in [0.05, 0.1) is 0 Å². The van der Waals surface area contributed by atoms with Gasteiger partial charge < -0.3 is 0 Å². The van der Waals surface area contributed by atoms with Crippen LogP contribution in [-0.2, 0) is 45.6 Å². The molecule has 0 saturated carbocycles. The first-order valence-corrected chi connectivity index (χ1v) is 5.49. The summed E-state index contributed by atoms with van der Waals surface area (Å²) in [5, 5.41) is 0. The van der Waals surface area contributed by atoms with E-state index in [4.69, 9.17) is 34.8 Å². The Bertz CT molecular complexity index is 313. The minimum Gasteiger partial charge on any atom is -0.295 e. The maximum absolute atomic E-state index is 10.5. The smallest absolute Gasteiger partial charge is 0.180 e. The number of halogens is 3. The minimum atomic E-state index is -0.750. The van der Waals surface area contributed by atoms with Gasteiger partial charge in [-0.2, -0.15) is 0 Å². The van der Waals surface area contributed by atoms with Gasteiger partial charge in [-0.05, 0) is 18.6 Å². The van der Waals surface area contributed by atoms with Crippen LogP contribution >= 0.6 is 34.8 Å². The maximum Gasteiger partial charge on any atom is 0.180 e. The van der Waals surface area contributed by atoms with E-state index in [-0.39, 0.29) is 46.6 Å². The van der Waals surface area contributed by atoms with Crippen molar-refractivity contribution in [3.05, 3.63) is 42.0 Å². The Hall–Kier alpha value is 0.825. The van der Waals surface area contributed by atoms with Crippen LogP contribution in [0.4, 0.5) is 0 Å². The predicted molar refractivity (Wildman–Crippen MR) is 67.5 cm³/mol. The van der Waals surface area contributed by atoms with Gasteiger partial charge in [0.25, 0.3) is 0 Å². The van der Waals surface area contributed by atoms with E-state index in [1.54, 1.807) is 13.0 Å². The van der Waals surface area contributed by atoms with Crippen molar-refractivity contribution >= 4 is 46.7 Å². The summed E-state index contributed by atoms with van der Waals surface area (Å²) in [5.74, 6) is 0.0776.